The summed E-state index contributed by atoms with van der Waals surface area (Å²) in [6.07, 6.45) is 13.1. The number of fused-ring (bicyclic) bond motifs is 5. The highest BCUT2D eigenvalue weighted by molar-refractivity contribution is 5.21. The molecule has 0 aromatic heterocycles. The van der Waals surface area contributed by atoms with Gasteiger partial charge in [0.05, 0.1) is 19.3 Å². The molecule has 3 saturated carbocycles. The van der Waals surface area contributed by atoms with Crippen LogP contribution in [0.2, 0.25) is 0 Å². The monoisotopic (exact) mass is 332 g/mol. The van der Waals surface area contributed by atoms with Gasteiger partial charge >= 0.3 is 0 Å². The van der Waals surface area contributed by atoms with Crippen molar-refractivity contribution in [1.29, 1.82) is 0 Å². The van der Waals surface area contributed by atoms with E-state index in [-0.39, 0.29) is 17.3 Å². The standard InChI is InChI=1S/C21H32O3/c1-2-20-9-7-16-15-8-10-21(23-11-12-24-21)13-14(15)3-4-17(16)18(20)5-6-19(20)22/h3,15-19,22H,2,4-13H2,1H3/t15-,16+,17+,18-,19-,20-/m0/s1. The number of hydrogen-bond acceptors (Lipinski definition) is 3. The minimum absolute atomic E-state index is 0.0475. The Kier molecular flexibility index (Phi) is 3.67. The first-order chi connectivity index (χ1) is 11.7. The van der Waals surface area contributed by atoms with Crippen LogP contribution in [0.1, 0.15) is 64.7 Å². The van der Waals surface area contributed by atoms with Gasteiger partial charge in [0, 0.05) is 12.8 Å². The molecule has 4 fully saturated rings. The summed E-state index contributed by atoms with van der Waals surface area (Å²) in [7, 11) is 0. The molecular weight excluding hydrogens is 300 g/mol. The highest BCUT2D eigenvalue weighted by atomic mass is 16.7. The highest BCUT2D eigenvalue weighted by Gasteiger charge is 2.58. The lowest BCUT2D eigenvalue weighted by Crippen LogP contribution is -2.49. The van der Waals surface area contributed by atoms with E-state index in [0.717, 1.165) is 62.6 Å². The summed E-state index contributed by atoms with van der Waals surface area (Å²) in [6, 6.07) is 0. The Morgan fingerprint density at radius 2 is 1.92 bits per heavy atom. The third-order valence-corrected chi connectivity index (χ3v) is 8.59. The maximum atomic E-state index is 10.7. The third-order valence-electron chi connectivity index (χ3n) is 8.59. The van der Waals surface area contributed by atoms with Crippen molar-refractivity contribution < 1.29 is 14.6 Å². The predicted octanol–water partition coefficient (Wildman–Crippen LogP) is 4.05. The lowest BCUT2D eigenvalue weighted by atomic mass is 9.51. The van der Waals surface area contributed by atoms with Crippen LogP contribution in [0.5, 0.6) is 0 Å². The molecule has 5 rings (SSSR count). The molecule has 1 heterocycles. The second kappa shape index (κ2) is 5.56. The minimum Gasteiger partial charge on any atom is -0.393 e. The molecule has 4 aliphatic carbocycles. The van der Waals surface area contributed by atoms with Crippen LogP contribution in [0.15, 0.2) is 11.6 Å². The van der Waals surface area contributed by atoms with E-state index in [0.29, 0.717) is 0 Å². The van der Waals surface area contributed by atoms with Crippen LogP contribution in [0.4, 0.5) is 0 Å². The fourth-order valence-corrected chi connectivity index (χ4v) is 7.45. The predicted molar refractivity (Wildman–Crippen MR) is 92.3 cm³/mol. The third kappa shape index (κ3) is 2.07. The van der Waals surface area contributed by atoms with E-state index in [1.807, 2.05) is 0 Å². The van der Waals surface area contributed by atoms with Gasteiger partial charge in [0.1, 0.15) is 0 Å². The minimum atomic E-state index is -0.277. The van der Waals surface area contributed by atoms with Crippen LogP contribution in [-0.4, -0.2) is 30.2 Å². The molecular formula is C21H32O3. The Hall–Kier alpha value is -0.380. The molecule has 5 aliphatic rings. The van der Waals surface area contributed by atoms with Crippen molar-refractivity contribution in [2.24, 2.45) is 29.1 Å². The van der Waals surface area contributed by atoms with E-state index < -0.39 is 0 Å². The fourth-order valence-electron chi connectivity index (χ4n) is 7.45. The van der Waals surface area contributed by atoms with Crippen LogP contribution in [0, 0.1) is 29.1 Å². The summed E-state index contributed by atoms with van der Waals surface area (Å²) in [5.74, 6) is 2.89. The second-order valence-electron chi connectivity index (χ2n) is 9.10. The van der Waals surface area contributed by atoms with E-state index in [9.17, 15) is 5.11 Å². The molecule has 6 atom stereocenters. The van der Waals surface area contributed by atoms with Gasteiger partial charge in [0.15, 0.2) is 5.79 Å². The molecule has 0 radical (unpaired) electrons. The number of aliphatic hydroxyl groups is 1. The van der Waals surface area contributed by atoms with Crippen molar-refractivity contribution in [3.63, 3.8) is 0 Å². The summed E-state index contributed by atoms with van der Waals surface area (Å²) < 4.78 is 12.0. The molecule has 0 amide bonds. The largest absolute Gasteiger partial charge is 0.393 e. The van der Waals surface area contributed by atoms with Gasteiger partial charge in [0.25, 0.3) is 0 Å². The number of aliphatic hydroxyl groups excluding tert-OH is 1. The average Bonchev–Trinajstić information content (AvgIpc) is 3.19. The summed E-state index contributed by atoms with van der Waals surface area (Å²) in [4.78, 5) is 0. The lowest BCUT2D eigenvalue weighted by molar-refractivity contribution is -0.176. The van der Waals surface area contributed by atoms with Crippen LogP contribution in [0.3, 0.4) is 0 Å². The Bertz CT molecular complexity index is 535. The van der Waals surface area contributed by atoms with E-state index >= 15 is 0 Å². The molecule has 0 unspecified atom stereocenters. The molecule has 1 spiro atoms. The quantitative estimate of drug-likeness (QED) is 0.736. The topological polar surface area (TPSA) is 38.7 Å². The van der Waals surface area contributed by atoms with Gasteiger partial charge in [-0.25, -0.2) is 0 Å². The van der Waals surface area contributed by atoms with Crippen LogP contribution >= 0.6 is 0 Å². The molecule has 1 aliphatic heterocycles. The molecule has 24 heavy (non-hydrogen) atoms. The molecule has 1 saturated heterocycles. The summed E-state index contributed by atoms with van der Waals surface area (Å²) in [5, 5.41) is 10.7. The van der Waals surface area contributed by atoms with Crippen molar-refractivity contribution in [1.82, 2.24) is 0 Å². The molecule has 0 bridgehead atoms. The number of ether oxygens (including phenoxy) is 2. The first-order valence-corrected chi connectivity index (χ1v) is 10.3. The van der Waals surface area contributed by atoms with E-state index in [1.54, 1.807) is 5.57 Å². The maximum Gasteiger partial charge on any atom is 0.172 e. The van der Waals surface area contributed by atoms with Crippen molar-refractivity contribution in [2.45, 2.75) is 76.6 Å². The maximum absolute atomic E-state index is 10.7. The second-order valence-corrected chi connectivity index (χ2v) is 9.10. The molecule has 3 nitrogen and oxygen atoms in total. The van der Waals surface area contributed by atoms with Crippen LogP contribution < -0.4 is 0 Å². The first-order valence-electron chi connectivity index (χ1n) is 10.3. The molecule has 3 heteroatoms. The van der Waals surface area contributed by atoms with Crippen molar-refractivity contribution >= 4 is 0 Å². The molecule has 0 aromatic rings. The van der Waals surface area contributed by atoms with Gasteiger partial charge < -0.3 is 14.6 Å². The zero-order valence-electron chi connectivity index (χ0n) is 15.0. The Balaban J connectivity index is 1.41. The molecule has 134 valence electrons. The van der Waals surface area contributed by atoms with Gasteiger partial charge in [-0.05, 0) is 74.0 Å². The van der Waals surface area contributed by atoms with Crippen LogP contribution in [-0.2, 0) is 9.47 Å². The SMILES string of the molecule is CC[C@]12CC[C@H]3[C@@H](CC=C4CC5(CC[C@@H]43)OCCO5)[C@@H]1CC[C@@H]2O. The van der Waals surface area contributed by atoms with Crippen molar-refractivity contribution in [2.75, 3.05) is 13.2 Å². The normalized spacial score (nSPS) is 49.4. The van der Waals surface area contributed by atoms with E-state index in [2.05, 4.69) is 13.0 Å². The van der Waals surface area contributed by atoms with Gasteiger partial charge in [-0.2, -0.15) is 0 Å². The Labute approximate surface area is 145 Å². The van der Waals surface area contributed by atoms with E-state index in [1.165, 1.54) is 32.1 Å². The van der Waals surface area contributed by atoms with Gasteiger partial charge in [0.2, 0.25) is 0 Å². The van der Waals surface area contributed by atoms with Crippen molar-refractivity contribution in [3.8, 4) is 0 Å². The van der Waals surface area contributed by atoms with Gasteiger partial charge in [-0.15, -0.1) is 0 Å². The number of allylic oxidation sites excluding steroid dienone is 1. The van der Waals surface area contributed by atoms with Gasteiger partial charge in [-0.3, -0.25) is 0 Å². The van der Waals surface area contributed by atoms with Crippen molar-refractivity contribution in [3.05, 3.63) is 11.6 Å². The van der Waals surface area contributed by atoms with Gasteiger partial charge in [-0.1, -0.05) is 18.6 Å². The molecule has 0 aromatic carbocycles. The fraction of sp³-hybridized carbons (Fsp3) is 0.905. The smallest absolute Gasteiger partial charge is 0.172 e. The summed E-state index contributed by atoms with van der Waals surface area (Å²) in [6.45, 7) is 3.84. The zero-order chi connectivity index (χ0) is 16.4. The highest BCUT2D eigenvalue weighted by Crippen LogP contribution is 2.63. The first kappa shape index (κ1) is 15.8. The van der Waals surface area contributed by atoms with E-state index in [4.69, 9.17) is 9.47 Å². The number of rotatable bonds is 1. The molecule has 1 N–H and O–H groups in total. The summed E-state index contributed by atoms with van der Waals surface area (Å²) >= 11 is 0. The lowest BCUT2D eigenvalue weighted by Gasteiger charge is -2.54. The summed E-state index contributed by atoms with van der Waals surface area (Å²) in [5.41, 5.74) is 1.87. The zero-order valence-corrected chi connectivity index (χ0v) is 15.0. The number of hydrogen-bond donors (Lipinski definition) is 1. The Morgan fingerprint density at radius 1 is 1.08 bits per heavy atom. The van der Waals surface area contributed by atoms with Crippen LogP contribution in [0.25, 0.3) is 0 Å². The Morgan fingerprint density at radius 3 is 2.71 bits per heavy atom. The average molecular weight is 332 g/mol.